The van der Waals surface area contributed by atoms with Crippen molar-refractivity contribution >= 4 is 12.2 Å². The van der Waals surface area contributed by atoms with Crippen LogP contribution in [-0.4, -0.2) is 121 Å². The zero-order valence-corrected chi connectivity index (χ0v) is 14.0. The van der Waals surface area contributed by atoms with Gasteiger partial charge in [0.25, 0.3) is 0 Å². The highest BCUT2D eigenvalue weighted by molar-refractivity contribution is 5.73. The molecule has 0 aliphatic carbocycles. The number of ether oxygens (including phenoxy) is 2. The first-order chi connectivity index (χ1) is 12.6. The van der Waals surface area contributed by atoms with E-state index in [-0.39, 0.29) is 0 Å². The predicted octanol–water partition coefficient (Wildman–Crippen LogP) is -6.10. The van der Waals surface area contributed by atoms with E-state index in [1.165, 1.54) is 0 Å². The number of hydrogen-bond acceptors (Lipinski definition) is 12. The van der Waals surface area contributed by atoms with Crippen LogP contribution in [0.25, 0.3) is 0 Å². The van der Waals surface area contributed by atoms with Crippen molar-refractivity contribution in [3.63, 3.8) is 0 Å². The van der Waals surface area contributed by atoms with Crippen LogP contribution in [0.4, 0.5) is 4.79 Å². The van der Waals surface area contributed by atoms with Gasteiger partial charge in [-0.2, -0.15) is 5.10 Å². The van der Waals surface area contributed by atoms with Gasteiger partial charge in [-0.05, 0) is 0 Å². The number of urea groups is 1. The smallest absolute Gasteiger partial charge is 0.332 e. The van der Waals surface area contributed by atoms with Crippen molar-refractivity contribution in [3.8, 4) is 0 Å². The van der Waals surface area contributed by atoms with E-state index in [4.69, 9.17) is 25.4 Å². The maximum absolute atomic E-state index is 10.5. The van der Waals surface area contributed by atoms with Gasteiger partial charge in [0, 0.05) is 0 Å². The predicted molar refractivity (Wildman–Crippen MR) is 85.0 cm³/mol. The molecule has 1 aliphatic heterocycles. The standard InChI is InChI=1S/C13H25N3O11/c14-13(25)16-15-1-4(19)7(21)11(5(20)2-17)27-12-10(24)9(23)8(22)6(3-18)26-12/h1,4-12,17-24H,2-3H2,(H3,14,16,25)/b15-1-/t4-,5-,6-,7-,8+,9+,10+,11+,12+/m1/s1. The van der Waals surface area contributed by atoms with Gasteiger partial charge >= 0.3 is 6.03 Å². The van der Waals surface area contributed by atoms with Crippen LogP contribution in [0.15, 0.2) is 5.10 Å². The minimum Gasteiger partial charge on any atom is -0.394 e. The summed E-state index contributed by atoms with van der Waals surface area (Å²) < 4.78 is 10.2. The maximum atomic E-state index is 10.5. The minimum atomic E-state index is -1.95. The molecular formula is C13H25N3O11. The first kappa shape index (κ1) is 23.6. The van der Waals surface area contributed by atoms with Gasteiger partial charge in [-0.15, -0.1) is 0 Å². The molecule has 0 unspecified atom stereocenters. The van der Waals surface area contributed by atoms with Gasteiger partial charge in [-0.3, -0.25) is 0 Å². The third kappa shape index (κ3) is 6.28. The molecule has 0 spiro atoms. The van der Waals surface area contributed by atoms with Crippen molar-refractivity contribution in [1.82, 2.24) is 5.43 Å². The molecule has 0 aromatic heterocycles. The number of aliphatic hydroxyl groups is 8. The highest BCUT2D eigenvalue weighted by Gasteiger charge is 2.46. The lowest BCUT2D eigenvalue weighted by atomic mass is 9.98. The summed E-state index contributed by atoms with van der Waals surface area (Å²) in [6, 6.07) is -1.04. The number of amides is 2. The first-order valence-corrected chi connectivity index (χ1v) is 7.83. The molecule has 0 aromatic carbocycles. The largest absolute Gasteiger partial charge is 0.394 e. The van der Waals surface area contributed by atoms with E-state index < -0.39 is 74.4 Å². The Balaban J connectivity index is 2.90. The molecule has 14 nitrogen and oxygen atoms in total. The van der Waals surface area contributed by atoms with Crippen LogP contribution in [0, 0.1) is 0 Å². The van der Waals surface area contributed by atoms with Crippen molar-refractivity contribution in [2.45, 2.75) is 55.1 Å². The molecule has 9 atom stereocenters. The van der Waals surface area contributed by atoms with Crippen molar-refractivity contribution < 1.29 is 55.1 Å². The number of rotatable bonds is 9. The molecule has 1 aliphatic rings. The number of aliphatic hydroxyl groups excluding tert-OH is 8. The van der Waals surface area contributed by atoms with Gasteiger partial charge < -0.3 is 56.1 Å². The van der Waals surface area contributed by atoms with Crippen LogP contribution < -0.4 is 11.2 Å². The summed E-state index contributed by atoms with van der Waals surface area (Å²) in [6.07, 6.45) is -15.0. The van der Waals surface area contributed by atoms with Crippen LogP contribution in [0.2, 0.25) is 0 Å². The molecule has 158 valence electrons. The summed E-state index contributed by atoms with van der Waals surface area (Å²) in [5, 5.41) is 80.6. The second kappa shape index (κ2) is 10.8. The number of hydrogen-bond donors (Lipinski definition) is 10. The van der Waals surface area contributed by atoms with Gasteiger partial charge in [-0.25, -0.2) is 10.2 Å². The number of hydrazone groups is 1. The second-order valence-corrected chi connectivity index (χ2v) is 5.78. The van der Waals surface area contributed by atoms with Gasteiger partial charge in [0.15, 0.2) is 6.29 Å². The molecule has 1 saturated heterocycles. The molecule has 1 fully saturated rings. The van der Waals surface area contributed by atoms with E-state index in [1.54, 1.807) is 5.43 Å². The van der Waals surface area contributed by atoms with Crippen LogP contribution in [0.1, 0.15) is 0 Å². The Morgan fingerprint density at radius 1 is 1.19 bits per heavy atom. The molecule has 0 radical (unpaired) electrons. The van der Waals surface area contributed by atoms with E-state index in [9.17, 15) is 35.4 Å². The SMILES string of the molecule is NC(=O)N/N=C\[C@@H](O)[C@@H](O)[C@@H](O[C@@H]1O[C@H](CO)[C@H](O)[C@H](O)[C@@H]1O)[C@H](O)CO. The molecule has 14 heteroatoms. The van der Waals surface area contributed by atoms with E-state index in [0.717, 1.165) is 0 Å². The Kier molecular flexibility index (Phi) is 9.40. The highest BCUT2D eigenvalue weighted by Crippen LogP contribution is 2.24. The van der Waals surface area contributed by atoms with E-state index in [0.29, 0.717) is 6.21 Å². The van der Waals surface area contributed by atoms with Crippen molar-refractivity contribution in [1.29, 1.82) is 0 Å². The molecular weight excluding hydrogens is 374 g/mol. The maximum Gasteiger partial charge on any atom is 0.332 e. The fourth-order valence-corrected chi connectivity index (χ4v) is 2.30. The monoisotopic (exact) mass is 399 g/mol. The highest BCUT2D eigenvalue weighted by atomic mass is 16.7. The molecule has 1 heterocycles. The number of nitrogens with one attached hydrogen (secondary N) is 1. The Morgan fingerprint density at radius 3 is 2.33 bits per heavy atom. The average molecular weight is 399 g/mol. The summed E-state index contributed by atoms with van der Waals surface area (Å²) in [4.78, 5) is 10.5. The molecule has 0 aromatic rings. The molecule has 2 amide bonds. The Labute approximate surface area is 153 Å². The summed E-state index contributed by atoms with van der Waals surface area (Å²) in [5.41, 5.74) is 6.52. The Bertz CT molecular complexity index is 494. The lowest BCUT2D eigenvalue weighted by Gasteiger charge is -2.42. The quantitative estimate of drug-likeness (QED) is 0.129. The third-order valence-corrected chi connectivity index (χ3v) is 3.79. The average Bonchev–Trinajstić information content (AvgIpc) is 2.64. The number of nitrogens with two attached hydrogens (primary N) is 1. The minimum absolute atomic E-state index is 0.656. The molecule has 11 N–H and O–H groups in total. The molecule has 0 saturated carbocycles. The van der Waals surface area contributed by atoms with Gasteiger partial charge in [0.05, 0.1) is 19.4 Å². The van der Waals surface area contributed by atoms with Crippen LogP contribution in [-0.2, 0) is 9.47 Å². The number of carbonyl (C=O) groups excluding carboxylic acids is 1. The lowest BCUT2D eigenvalue weighted by Crippen LogP contribution is -2.61. The molecule has 0 bridgehead atoms. The van der Waals surface area contributed by atoms with Gasteiger partial charge in [0.2, 0.25) is 0 Å². The van der Waals surface area contributed by atoms with E-state index in [1.807, 2.05) is 0 Å². The Morgan fingerprint density at radius 2 is 1.81 bits per heavy atom. The first-order valence-electron chi connectivity index (χ1n) is 7.83. The summed E-state index contributed by atoms with van der Waals surface area (Å²) in [6.45, 7) is -1.67. The van der Waals surface area contributed by atoms with Crippen molar-refractivity contribution in [3.05, 3.63) is 0 Å². The van der Waals surface area contributed by atoms with Crippen molar-refractivity contribution in [2.24, 2.45) is 10.8 Å². The van der Waals surface area contributed by atoms with E-state index >= 15 is 0 Å². The second-order valence-electron chi connectivity index (χ2n) is 5.78. The number of nitrogens with zero attached hydrogens (tertiary/aromatic N) is 1. The van der Waals surface area contributed by atoms with Crippen LogP contribution in [0.3, 0.4) is 0 Å². The number of carbonyl (C=O) groups is 1. The number of primary amides is 1. The summed E-state index contributed by atoms with van der Waals surface area (Å²) in [7, 11) is 0. The van der Waals surface area contributed by atoms with Crippen LogP contribution in [0.5, 0.6) is 0 Å². The third-order valence-electron chi connectivity index (χ3n) is 3.79. The summed E-state index contributed by atoms with van der Waals surface area (Å²) >= 11 is 0. The normalized spacial score (nSPS) is 33.4. The zero-order chi connectivity index (χ0) is 20.7. The van der Waals surface area contributed by atoms with Gasteiger partial charge in [-0.1, -0.05) is 0 Å². The van der Waals surface area contributed by atoms with Crippen molar-refractivity contribution in [2.75, 3.05) is 13.2 Å². The lowest BCUT2D eigenvalue weighted by molar-refractivity contribution is -0.326. The molecule has 27 heavy (non-hydrogen) atoms. The topological polar surface area (TPSA) is 248 Å². The van der Waals surface area contributed by atoms with E-state index in [2.05, 4.69) is 5.10 Å². The fraction of sp³-hybridized carbons (Fsp3) is 0.846. The zero-order valence-electron chi connectivity index (χ0n) is 14.0. The van der Waals surface area contributed by atoms with Gasteiger partial charge in [0.1, 0.15) is 48.8 Å². The fourth-order valence-electron chi connectivity index (χ4n) is 2.30. The van der Waals surface area contributed by atoms with Crippen LogP contribution >= 0.6 is 0 Å². The Hall–Kier alpha value is -1.46. The summed E-state index contributed by atoms with van der Waals surface area (Å²) in [5.74, 6) is 0. The molecule has 1 rings (SSSR count).